The molecule has 0 aliphatic carbocycles. The number of anilines is 1. The van der Waals surface area contributed by atoms with E-state index in [-0.39, 0.29) is 17.1 Å². The van der Waals surface area contributed by atoms with Crippen LogP contribution in [0.25, 0.3) is 11.3 Å². The van der Waals surface area contributed by atoms with E-state index in [1.54, 1.807) is 29.6 Å². The average Bonchev–Trinajstić information content (AvgIpc) is 3.14. The van der Waals surface area contributed by atoms with E-state index in [4.69, 9.17) is 0 Å². The van der Waals surface area contributed by atoms with Gasteiger partial charge in [-0.15, -0.1) is 11.3 Å². The molecule has 3 rings (SSSR count). The third-order valence-corrected chi connectivity index (χ3v) is 4.18. The van der Waals surface area contributed by atoms with Crippen molar-refractivity contribution in [2.75, 3.05) is 5.43 Å². The second kappa shape index (κ2) is 7.50. The lowest BCUT2D eigenvalue weighted by molar-refractivity contribution is -0.384. The molecule has 0 atom stereocenters. The lowest BCUT2D eigenvalue weighted by Gasteiger charge is -2.01. The number of nitrogens with zero attached hydrogens (tertiary/aromatic N) is 4. The van der Waals surface area contributed by atoms with Gasteiger partial charge in [-0.2, -0.15) is 10.4 Å². The third kappa shape index (κ3) is 3.71. The van der Waals surface area contributed by atoms with Gasteiger partial charge in [0.05, 0.1) is 16.3 Å². The molecule has 1 aromatic heterocycles. The average molecular weight is 367 g/mol. The Kier molecular flexibility index (Phi) is 4.96. The van der Waals surface area contributed by atoms with Crippen LogP contribution in [-0.2, 0) is 0 Å². The maximum Gasteiger partial charge on any atom is 0.270 e. The van der Waals surface area contributed by atoms with Crippen molar-refractivity contribution in [2.45, 2.75) is 0 Å². The van der Waals surface area contributed by atoms with Crippen LogP contribution in [0.3, 0.4) is 0 Å². The topological polar surface area (TPSA) is 104 Å². The summed E-state index contributed by atoms with van der Waals surface area (Å²) < 4.78 is 13.6. The predicted octanol–water partition coefficient (Wildman–Crippen LogP) is 4.20. The van der Waals surface area contributed by atoms with E-state index in [2.05, 4.69) is 15.5 Å². The number of hydrogen-bond donors (Lipinski definition) is 1. The molecule has 0 fully saturated rings. The van der Waals surface area contributed by atoms with E-state index >= 15 is 0 Å². The van der Waals surface area contributed by atoms with E-state index in [0.717, 1.165) is 11.3 Å². The van der Waals surface area contributed by atoms with Crippen molar-refractivity contribution in [1.29, 1.82) is 5.26 Å². The minimum absolute atomic E-state index is 0.0186. The molecule has 2 aromatic carbocycles. The maximum absolute atomic E-state index is 13.6. The summed E-state index contributed by atoms with van der Waals surface area (Å²) in [5.41, 5.74) is 3.62. The van der Waals surface area contributed by atoms with Gasteiger partial charge in [-0.05, 0) is 12.1 Å². The van der Waals surface area contributed by atoms with Crippen molar-refractivity contribution in [2.24, 2.45) is 5.10 Å². The molecule has 0 unspecified atom stereocenters. The van der Waals surface area contributed by atoms with E-state index in [1.165, 1.54) is 24.3 Å². The van der Waals surface area contributed by atoms with Gasteiger partial charge in [0.1, 0.15) is 11.9 Å². The SMILES string of the molecule is N#CC(=NNc1ccccc1F)c1nc(-c2cccc([N+](=O)[O-])c2)cs1. The fourth-order valence-corrected chi connectivity index (χ4v) is 2.85. The summed E-state index contributed by atoms with van der Waals surface area (Å²) in [6.07, 6.45) is 0. The first kappa shape index (κ1) is 17.2. The second-order valence-electron chi connectivity index (χ2n) is 5.01. The van der Waals surface area contributed by atoms with Crippen molar-refractivity contribution in [3.8, 4) is 17.3 Å². The van der Waals surface area contributed by atoms with Crippen LogP contribution in [0.1, 0.15) is 5.01 Å². The molecule has 26 heavy (non-hydrogen) atoms. The number of para-hydroxylation sites is 1. The number of non-ortho nitro benzene ring substituents is 1. The van der Waals surface area contributed by atoms with E-state index in [0.29, 0.717) is 16.3 Å². The Bertz CT molecular complexity index is 1040. The Morgan fingerprint density at radius 1 is 1.31 bits per heavy atom. The van der Waals surface area contributed by atoms with Crippen LogP contribution in [0.2, 0.25) is 0 Å². The quantitative estimate of drug-likeness (QED) is 0.413. The van der Waals surface area contributed by atoms with Crippen LogP contribution in [0.5, 0.6) is 0 Å². The Labute approximate surface area is 151 Å². The highest BCUT2D eigenvalue weighted by atomic mass is 32.1. The fraction of sp³-hybridized carbons (Fsp3) is 0. The minimum Gasteiger partial charge on any atom is -0.274 e. The van der Waals surface area contributed by atoms with Crippen molar-refractivity contribution >= 4 is 28.4 Å². The number of nitro groups is 1. The Balaban J connectivity index is 1.87. The Hall–Kier alpha value is -3.64. The molecule has 0 amide bonds. The van der Waals surface area contributed by atoms with Gasteiger partial charge in [0.15, 0.2) is 10.7 Å². The van der Waals surface area contributed by atoms with Crippen molar-refractivity contribution in [3.63, 3.8) is 0 Å². The zero-order chi connectivity index (χ0) is 18.5. The van der Waals surface area contributed by atoms with Gasteiger partial charge in [0.25, 0.3) is 5.69 Å². The molecule has 0 saturated heterocycles. The van der Waals surface area contributed by atoms with Crippen LogP contribution in [0.4, 0.5) is 15.8 Å². The summed E-state index contributed by atoms with van der Waals surface area (Å²) in [6.45, 7) is 0. The van der Waals surface area contributed by atoms with Crippen LogP contribution < -0.4 is 5.43 Å². The summed E-state index contributed by atoms with van der Waals surface area (Å²) in [7, 11) is 0. The van der Waals surface area contributed by atoms with Gasteiger partial charge in [0, 0.05) is 23.1 Å². The highest BCUT2D eigenvalue weighted by Gasteiger charge is 2.13. The number of halogens is 1. The normalized spacial score (nSPS) is 11.0. The van der Waals surface area contributed by atoms with Crippen LogP contribution in [0.15, 0.2) is 59.0 Å². The predicted molar refractivity (Wildman–Crippen MR) is 96.4 cm³/mol. The standard InChI is InChI=1S/C17H10FN5O2S/c18-13-6-1-2-7-14(13)21-22-15(9-19)17-20-16(10-26-17)11-4-3-5-12(8-11)23(24)25/h1-8,10,21H. The number of nitrogens with one attached hydrogen (secondary N) is 1. The first-order chi connectivity index (χ1) is 12.6. The van der Waals surface area contributed by atoms with Gasteiger partial charge in [-0.25, -0.2) is 9.37 Å². The monoisotopic (exact) mass is 367 g/mol. The molecule has 3 aromatic rings. The summed E-state index contributed by atoms with van der Waals surface area (Å²) in [5, 5.41) is 26.1. The van der Waals surface area contributed by atoms with Crippen LogP contribution in [-0.4, -0.2) is 15.6 Å². The van der Waals surface area contributed by atoms with Crippen molar-refractivity contribution < 1.29 is 9.31 Å². The molecule has 0 saturated carbocycles. The molecule has 0 aliphatic rings. The first-order valence-corrected chi connectivity index (χ1v) is 8.15. The molecule has 9 heteroatoms. The Morgan fingerprint density at radius 3 is 2.85 bits per heavy atom. The zero-order valence-electron chi connectivity index (χ0n) is 13.1. The minimum atomic E-state index is -0.495. The number of nitro benzene ring substituents is 1. The number of thiazole rings is 1. The van der Waals surface area contributed by atoms with Crippen LogP contribution >= 0.6 is 11.3 Å². The smallest absolute Gasteiger partial charge is 0.270 e. The molecule has 1 heterocycles. The summed E-state index contributed by atoms with van der Waals surface area (Å²) in [4.78, 5) is 14.7. The number of hydrazone groups is 1. The van der Waals surface area contributed by atoms with Crippen LogP contribution in [0, 0.1) is 27.3 Å². The van der Waals surface area contributed by atoms with E-state index in [1.807, 2.05) is 6.07 Å². The number of hydrogen-bond acceptors (Lipinski definition) is 7. The van der Waals surface area contributed by atoms with Gasteiger partial charge in [-0.3, -0.25) is 15.5 Å². The number of rotatable bonds is 5. The summed E-state index contributed by atoms with van der Waals surface area (Å²) in [6, 6.07) is 13.9. The second-order valence-corrected chi connectivity index (χ2v) is 5.87. The molecule has 128 valence electrons. The zero-order valence-corrected chi connectivity index (χ0v) is 13.9. The highest BCUT2D eigenvalue weighted by molar-refractivity contribution is 7.12. The van der Waals surface area contributed by atoms with Gasteiger partial charge in [-0.1, -0.05) is 24.3 Å². The highest BCUT2D eigenvalue weighted by Crippen LogP contribution is 2.25. The largest absolute Gasteiger partial charge is 0.274 e. The van der Waals surface area contributed by atoms with Crippen molar-refractivity contribution in [1.82, 2.24) is 4.98 Å². The maximum atomic E-state index is 13.6. The lowest BCUT2D eigenvalue weighted by atomic mass is 10.1. The van der Waals surface area contributed by atoms with Gasteiger partial charge >= 0.3 is 0 Å². The van der Waals surface area contributed by atoms with Gasteiger partial charge in [0.2, 0.25) is 0 Å². The molecular formula is C17H10FN5O2S. The van der Waals surface area contributed by atoms with Gasteiger partial charge < -0.3 is 0 Å². The molecule has 0 spiro atoms. The molecule has 1 N–H and O–H groups in total. The summed E-state index contributed by atoms with van der Waals surface area (Å²) in [5.74, 6) is -0.495. The third-order valence-electron chi connectivity index (χ3n) is 3.33. The van der Waals surface area contributed by atoms with E-state index in [9.17, 15) is 19.8 Å². The number of nitriles is 1. The number of aromatic nitrogens is 1. The summed E-state index contributed by atoms with van der Waals surface area (Å²) >= 11 is 1.16. The molecule has 0 bridgehead atoms. The fourth-order valence-electron chi connectivity index (χ4n) is 2.08. The molecule has 0 radical (unpaired) electrons. The molecule has 7 nitrogen and oxygen atoms in total. The van der Waals surface area contributed by atoms with E-state index < -0.39 is 10.7 Å². The molecule has 0 aliphatic heterocycles. The lowest BCUT2D eigenvalue weighted by Crippen LogP contribution is -2.02. The molecular weight excluding hydrogens is 357 g/mol. The first-order valence-electron chi connectivity index (χ1n) is 7.27. The Morgan fingerprint density at radius 2 is 2.12 bits per heavy atom. The van der Waals surface area contributed by atoms with Crippen molar-refractivity contribution in [3.05, 3.63) is 74.9 Å². The number of benzene rings is 2.